The molecule has 6 heteroatoms. The van der Waals surface area contributed by atoms with Gasteiger partial charge in [0.25, 0.3) is 5.91 Å². The SMILES string of the molecule is CNc1cnccc1C(=O)Nc1ncc(Br)cc1C. The Hall–Kier alpha value is -1.95. The molecule has 1 amide bonds. The molecule has 0 saturated heterocycles. The predicted molar refractivity (Wildman–Crippen MR) is 78.4 cm³/mol. The van der Waals surface area contributed by atoms with E-state index in [0.717, 1.165) is 10.0 Å². The van der Waals surface area contributed by atoms with Crippen molar-refractivity contribution in [1.82, 2.24) is 9.97 Å². The molecule has 0 aliphatic carbocycles. The van der Waals surface area contributed by atoms with E-state index in [9.17, 15) is 4.79 Å². The van der Waals surface area contributed by atoms with Gasteiger partial charge in [0.05, 0.1) is 17.4 Å². The topological polar surface area (TPSA) is 66.9 Å². The van der Waals surface area contributed by atoms with E-state index in [1.807, 2.05) is 13.0 Å². The molecule has 5 nitrogen and oxygen atoms in total. The molecule has 0 radical (unpaired) electrons. The first-order valence-corrected chi connectivity index (χ1v) is 6.46. The molecule has 0 aliphatic rings. The number of hydrogen-bond acceptors (Lipinski definition) is 4. The number of nitrogens with one attached hydrogen (secondary N) is 2. The fourth-order valence-corrected chi connectivity index (χ4v) is 2.08. The molecule has 0 fully saturated rings. The van der Waals surface area contributed by atoms with Crippen molar-refractivity contribution >= 4 is 33.3 Å². The number of aromatic nitrogens is 2. The lowest BCUT2D eigenvalue weighted by molar-refractivity contribution is 0.102. The molecule has 98 valence electrons. The van der Waals surface area contributed by atoms with Crippen molar-refractivity contribution in [2.75, 3.05) is 17.7 Å². The second kappa shape index (κ2) is 5.79. The molecule has 0 saturated carbocycles. The number of nitrogens with zero attached hydrogens (tertiary/aromatic N) is 2. The van der Waals surface area contributed by atoms with E-state index in [1.165, 1.54) is 0 Å². The normalized spacial score (nSPS) is 10.1. The minimum atomic E-state index is -0.218. The van der Waals surface area contributed by atoms with Crippen LogP contribution in [0.3, 0.4) is 0 Å². The lowest BCUT2D eigenvalue weighted by Gasteiger charge is -2.10. The second-order valence-electron chi connectivity index (χ2n) is 3.94. The molecule has 2 aromatic heterocycles. The zero-order valence-electron chi connectivity index (χ0n) is 10.6. The van der Waals surface area contributed by atoms with Gasteiger partial charge in [0.2, 0.25) is 0 Å². The summed E-state index contributed by atoms with van der Waals surface area (Å²) in [5.74, 6) is 0.330. The highest BCUT2D eigenvalue weighted by Gasteiger charge is 2.12. The molecule has 0 atom stereocenters. The minimum absolute atomic E-state index is 0.218. The Morgan fingerprint density at radius 1 is 1.37 bits per heavy atom. The number of halogens is 1. The smallest absolute Gasteiger partial charge is 0.259 e. The average molecular weight is 321 g/mol. The number of pyridine rings is 2. The van der Waals surface area contributed by atoms with Crippen molar-refractivity contribution in [2.45, 2.75) is 6.92 Å². The van der Waals surface area contributed by atoms with Gasteiger partial charge in [-0.05, 0) is 40.5 Å². The highest BCUT2D eigenvalue weighted by atomic mass is 79.9. The monoisotopic (exact) mass is 320 g/mol. The van der Waals surface area contributed by atoms with Gasteiger partial charge in [0, 0.05) is 23.9 Å². The maximum absolute atomic E-state index is 12.2. The van der Waals surface area contributed by atoms with Crippen molar-refractivity contribution in [2.24, 2.45) is 0 Å². The Morgan fingerprint density at radius 2 is 2.16 bits per heavy atom. The number of carbonyl (C=O) groups excluding carboxylic acids is 1. The first kappa shape index (κ1) is 13.5. The Labute approximate surface area is 119 Å². The third kappa shape index (κ3) is 3.08. The van der Waals surface area contributed by atoms with Crippen molar-refractivity contribution in [3.05, 3.63) is 46.3 Å². The fourth-order valence-electron chi connectivity index (χ4n) is 1.64. The van der Waals surface area contributed by atoms with Crippen LogP contribution in [-0.2, 0) is 0 Å². The molecule has 0 bridgehead atoms. The predicted octanol–water partition coefficient (Wildman–Crippen LogP) is 2.84. The van der Waals surface area contributed by atoms with Crippen molar-refractivity contribution in [3.63, 3.8) is 0 Å². The molecule has 2 heterocycles. The van der Waals surface area contributed by atoms with E-state index in [4.69, 9.17) is 0 Å². The van der Waals surface area contributed by atoms with Crippen LogP contribution in [0.1, 0.15) is 15.9 Å². The second-order valence-corrected chi connectivity index (χ2v) is 4.86. The van der Waals surface area contributed by atoms with E-state index in [0.29, 0.717) is 17.1 Å². The molecular formula is C13H13BrN4O. The van der Waals surface area contributed by atoms with Gasteiger partial charge >= 0.3 is 0 Å². The van der Waals surface area contributed by atoms with E-state index < -0.39 is 0 Å². The lowest BCUT2D eigenvalue weighted by atomic mass is 10.2. The van der Waals surface area contributed by atoms with E-state index in [-0.39, 0.29) is 5.91 Å². The summed E-state index contributed by atoms with van der Waals surface area (Å²) in [4.78, 5) is 20.4. The van der Waals surface area contributed by atoms with Gasteiger partial charge in [-0.15, -0.1) is 0 Å². The summed E-state index contributed by atoms with van der Waals surface area (Å²) in [5.41, 5.74) is 2.10. The molecule has 19 heavy (non-hydrogen) atoms. The highest BCUT2D eigenvalue weighted by Crippen LogP contribution is 2.19. The lowest BCUT2D eigenvalue weighted by Crippen LogP contribution is -2.15. The third-order valence-electron chi connectivity index (χ3n) is 2.61. The highest BCUT2D eigenvalue weighted by molar-refractivity contribution is 9.10. The van der Waals surface area contributed by atoms with E-state index in [2.05, 4.69) is 36.5 Å². The van der Waals surface area contributed by atoms with Crippen LogP contribution in [0.15, 0.2) is 35.2 Å². The van der Waals surface area contributed by atoms with Crippen LogP contribution in [0.2, 0.25) is 0 Å². The molecular weight excluding hydrogens is 308 g/mol. The van der Waals surface area contributed by atoms with Gasteiger partial charge in [0.15, 0.2) is 0 Å². The summed E-state index contributed by atoms with van der Waals surface area (Å²) >= 11 is 3.34. The zero-order valence-corrected chi connectivity index (χ0v) is 12.2. The molecule has 0 aliphatic heterocycles. The number of aryl methyl sites for hydroxylation is 1. The molecule has 2 rings (SSSR count). The molecule has 0 unspecified atom stereocenters. The summed E-state index contributed by atoms with van der Waals surface area (Å²) in [6.07, 6.45) is 4.84. The van der Waals surface area contributed by atoms with Crippen LogP contribution in [0.25, 0.3) is 0 Å². The summed E-state index contributed by atoms with van der Waals surface area (Å²) in [7, 11) is 1.75. The molecule has 0 aromatic carbocycles. The molecule has 2 aromatic rings. The Bertz CT molecular complexity index is 615. The number of rotatable bonds is 3. The van der Waals surface area contributed by atoms with Gasteiger partial charge in [0.1, 0.15) is 5.82 Å². The van der Waals surface area contributed by atoms with Crippen LogP contribution in [0, 0.1) is 6.92 Å². The van der Waals surface area contributed by atoms with Gasteiger partial charge in [-0.2, -0.15) is 0 Å². The van der Waals surface area contributed by atoms with Gasteiger partial charge in [-0.1, -0.05) is 0 Å². The van der Waals surface area contributed by atoms with Gasteiger partial charge in [-0.3, -0.25) is 9.78 Å². The summed E-state index contributed by atoms with van der Waals surface area (Å²) < 4.78 is 0.878. The number of carbonyl (C=O) groups is 1. The number of hydrogen-bond donors (Lipinski definition) is 2. The summed E-state index contributed by atoms with van der Waals surface area (Å²) in [6, 6.07) is 3.56. The van der Waals surface area contributed by atoms with Gasteiger partial charge < -0.3 is 10.6 Å². The van der Waals surface area contributed by atoms with Crippen LogP contribution >= 0.6 is 15.9 Å². The Kier molecular flexibility index (Phi) is 4.11. The van der Waals surface area contributed by atoms with Crippen molar-refractivity contribution in [3.8, 4) is 0 Å². The van der Waals surface area contributed by atoms with Crippen LogP contribution < -0.4 is 10.6 Å². The largest absolute Gasteiger partial charge is 0.386 e. The van der Waals surface area contributed by atoms with Crippen LogP contribution in [0.5, 0.6) is 0 Å². The zero-order chi connectivity index (χ0) is 13.8. The standard InChI is InChI=1S/C13H13BrN4O/c1-8-5-9(14)6-17-12(8)18-13(19)10-3-4-16-7-11(10)15-2/h3-7,15H,1-2H3,(H,17,18,19). The van der Waals surface area contributed by atoms with Crippen LogP contribution in [0.4, 0.5) is 11.5 Å². The van der Waals surface area contributed by atoms with Gasteiger partial charge in [-0.25, -0.2) is 4.98 Å². The number of anilines is 2. The Balaban J connectivity index is 2.26. The molecule has 0 spiro atoms. The van der Waals surface area contributed by atoms with E-state index in [1.54, 1.807) is 31.7 Å². The quantitative estimate of drug-likeness (QED) is 0.912. The third-order valence-corrected chi connectivity index (χ3v) is 3.05. The Morgan fingerprint density at radius 3 is 2.84 bits per heavy atom. The van der Waals surface area contributed by atoms with Crippen molar-refractivity contribution < 1.29 is 4.79 Å². The average Bonchev–Trinajstić information content (AvgIpc) is 2.41. The maximum Gasteiger partial charge on any atom is 0.259 e. The van der Waals surface area contributed by atoms with E-state index >= 15 is 0 Å². The molecule has 2 N–H and O–H groups in total. The summed E-state index contributed by atoms with van der Waals surface area (Å²) in [6.45, 7) is 1.89. The van der Waals surface area contributed by atoms with Crippen LogP contribution in [-0.4, -0.2) is 22.9 Å². The maximum atomic E-state index is 12.2. The first-order chi connectivity index (χ1) is 9.11. The first-order valence-electron chi connectivity index (χ1n) is 5.67. The minimum Gasteiger partial charge on any atom is -0.386 e. The fraction of sp³-hybridized carbons (Fsp3) is 0.154. The number of amides is 1. The summed E-state index contributed by atoms with van der Waals surface area (Å²) in [5, 5.41) is 5.72. The van der Waals surface area contributed by atoms with Crippen molar-refractivity contribution in [1.29, 1.82) is 0 Å².